The maximum atomic E-state index is 12.2. The molecule has 3 N–H and O–H groups in total. The molecule has 6 aromatic rings. The Kier molecular flexibility index (Phi) is 25.0. The normalized spacial score (nSPS) is 13.9. The largest absolute Gasteiger partial charge is 1.00 e. The van der Waals surface area contributed by atoms with Crippen LogP contribution in [-0.4, -0.2) is 114 Å². The predicted octanol–water partition coefficient (Wildman–Crippen LogP) is 7.75. The molecule has 2 amide bonds. The first-order chi connectivity index (χ1) is 33.8. The summed E-state index contributed by atoms with van der Waals surface area (Å²) in [6.45, 7) is 16.5. The minimum atomic E-state index is -0.932. The van der Waals surface area contributed by atoms with Gasteiger partial charge in [-0.05, 0) is 97.7 Å². The van der Waals surface area contributed by atoms with E-state index in [0.29, 0.717) is 39.0 Å². The van der Waals surface area contributed by atoms with E-state index < -0.39 is 58.9 Å². The summed E-state index contributed by atoms with van der Waals surface area (Å²) in [6.07, 6.45) is 1.63. The van der Waals surface area contributed by atoms with Gasteiger partial charge in [-0.25, -0.2) is 24.0 Å². The molecule has 0 saturated carbocycles. The number of esters is 3. The molecule has 76 heavy (non-hydrogen) atoms. The molecule has 4 heterocycles. The quantitative estimate of drug-likeness (QED) is 0.0741. The number of para-hydroxylation sites is 4. The van der Waals surface area contributed by atoms with E-state index in [1.165, 1.54) is 41.9 Å². The Morgan fingerprint density at radius 1 is 0.553 bits per heavy atom. The number of fused-ring (bicyclic) bond motifs is 4. The molecule has 4 aromatic carbocycles. The molecule has 0 aliphatic carbocycles. The topological polar surface area (TPSA) is 252 Å². The molecular weight excluding hydrogens is 1070 g/mol. The van der Waals surface area contributed by atoms with Crippen LogP contribution in [0.2, 0.25) is 0 Å². The number of carboxylic acids is 1. The fourth-order valence-electron chi connectivity index (χ4n) is 7.61. The van der Waals surface area contributed by atoms with E-state index in [-0.39, 0.29) is 77.2 Å². The number of H-pyrrole nitrogens is 1. The Morgan fingerprint density at radius 3 is 1.43 bits per heavy atom. The number of aromatic amines is 1. The van der Waals surface area contributed by atoms with Crippen molar-refractivity contribution in [3.63, 3.8) is 0 Å². The number of carboxylic acid groups (broad SMARTS) is 1. The van der Waals surface area contributed by atoms with Gasteiger partial charge >= 0.3 is 61.0 Å². The van der Waals surface area contributed by atoms with Gasteiger partial charge in [-0.2, -0.15) is 0 Å². The molecule has 408 valence electrons. The van der Waals surface area contributed by atoms with Gasteiger partial charge in [-0.15, -0.1) is 0 Å². The number of aliphatic carboxylic acids is 1. The van der Waals surface area contributed by atoms with Gasteiger partial charge in [0.1, 0.15) is 28.6 Å². The summed E-state index contributed by atoms with van der Waals surface area (Å²) in [4.78, 5) is 88.5. The number of methoxy groups -OCH3 is 3. The molecule has 2 atom stereocenters. The molecule has 2 aliphatic rings. The molecule has 2 unspecified atom stereocenters. The van der Waals surface area contributed by atoms with Gasteiger partial charge in [-0.1, -0.05) is 72.8 Å². The van der Waals surface area contributed by atoms with Crippen molar-refractivity contribution in [2.45, 2.75) is 91.0 Å². The molecule has 2 aliphatic heterocycles. The molecule has 0 bridgehead atoms. The third kappa shape index (κ3) is 17.0. The molecular formula is C55H66LiN4O15Pd-. The Balaban J connectivity index is 0.000000503. The second kappa shape index (κ2) is 28.3. The van der Waals surface area contributed by atoms with Crippen LogP contribution in [0.5, 0.6) is 0 Å². The zero-order valence-electron chi connectivity index (χ0n) is 45.3. The second-order valence-corrected chi connectivity index (χ2v) is 19.4. The van der Waals surface area contributed by atoms with Crippen LogP contribution < -0.4 is 28.7 Å². The van der Waals surface area contributed by atoms with E-state index in [1.807, 2.05) is 69.3 Å². The van der Waals surface area contributed by atoms with E-state index in [2.05, 4.69) is 9.72 Å². The fraction of sp³-hybridized carbons (Fsp3) is 0.345. The van der Waals surface area contributed by atoms with Gasteiger partial charge in [0.2, 0.25) is 0 Å². The van der Waals surface area contributed by atoms with Crippen molar-refractivity contribution in [1.82, 2.24) is 9.55 Å². The number of rotatable bonds is 4. The Hall–Kier alpha value is -6.93. The molecule has 21 heteroatoms. The number of carbonyl (C=O) groups excluding carboxylic acids is 6. The van der Waals surface area contributed by atoms with Gasteiger partial charge < -0.3 is 51.4 Å². The zero-order valence-corrected chi connectivity index (χ0v) is 46.9. The average Bonchev–Trinajstić information content (AvgIpc) is 4.12. The number of hydrogen-bond acceptors (Lipinski definition) is 14. The summed E-state index contributed by atoms with van der Waals surface area (Å²) in [7, 11) is 4.03. The first-order valence-electron chi connectivity index (χ1n) is 22.8. The number of ether oxygens (including phenoxy) is 6. The van der Waals surface area contributed by atoms with E-state index >= 15 is 0 Å². The first-order valence-corrected chi connectivity index (χ1v) is 22.8. The van der Waals surface area contributed by atoms with Crippen molar-refractivity contribution < 1.29 is 112 Å². The second-order valence-electron chi connectivity index (χ2n) is 19.4. The molecule has 19 nitrogen and oxygen atoms in total. The molecule has 8 rings (SSSR count). The number of nitrogens with zero attached hydrogens (tertiary/aromatic N) is 3. The average molecular weight is 1140 g/mol. The minimum Gasteiger partial charge on any atom is -0.870 e. The van der Waals surface area contributed by atoms with Gasteiger partial charge in [0.25, 0.3) is 0 Å². The summed E-state index contributed by atoms with van der Waals surface area (Å²) >= 11 is 0. The van der Waals surface area contributed by atoms with Crippen LogP contribution in [0.1, 0.15) is 106 Å². The molecule has 0 fully saturated rings. The van der Waals surface area contributed by atoms with Crippen molar-refractivity contribution in [3.8, 4) is 0 Å². The van der Waals surface area contributed by atoms with Gasteiger partial charge in [0, 0.05) is 62.2 Å². The summed E-state index contributed by atoms with van der Waals surface area (Å²) in [5.74, 6) is -3.21. The zero-order chi connectivity index (χ0) is 53.3. The van der Waals surface area contributed by atoms with Crippen LogP contribution in [0.3, 0.4) is 0 Å². The maximum absolute atomic E-state index is 12.2. The van der Waals surface area contributed by atoms with Crippen LogP contribution in [-0.2, 0) is 58.4 Å². The Labute approximate surface area is 468 Å². The van der Waals surface area contributed by atoms with Gasteiger partial charge in [0.05, 0.1) is 49.3 Å². The molecule has 0 saturated heterocycles. The predicted molar refractivity (Wildman–Crippen MR) is 278 cm³/mol. The first kappa shape index (κ1) is 67.1. The number of carbonyl (C=O) groups is 7. The Morgan fingerprint density at radius 2 is 0.961 bits per heavy atom. The number of hydrogen-bond donors (Lipinski definition) is 2. The summed E-state index contributed by atoms with van der Waals surface area (Å²) in [6, 6.07) is 29.1. The smallest absolute Gasteiger partial charge is 0.870 e. The van der Waals surface area contributed by atoms with Crippen molar-refractivity contribution in [3.05, 3.63) is 139 Å². The van der Waals surface area contributed by atoms with E-state index in [9.17, 15) is 38.7 Å². The molecule has 0 radical (unpaired) electrons. The maximum Gasteiger partial charge on any atom is 1.00 e. The monoisotopic (exact) mass is 1140 g/mol. The van der Waals surface area contributed by atoms with Crippen molar-refractivity contribution in [2.75, 3.05) is 44.2 Å². The fourth-order valence-corrected chi connectivity index (χ4v) is 7.61. The van der Waals surface area contributed by atoms with E-state index in [4.69, 9.17) is 23.7 Å². The van der Waals surface area contributed by atoms with Crippen LogP contribution in [0.4, 0.5) is 25.8 Å². The standard InChI is InChI=1S/C15H19NO4.C15H17NO4.C14H17NO4.C10H9NO2.CH3.Li.H2O.Pd/c2*1-15(2,3)20-14(18)16-9-11(13(17)19-4)10-7-5-6-8-12(10)16;1-14(2,3)19-13(18)15-8-10(12(16)17)9-6-4-5-7-11(9)15;1-13-10(12)8-6-11-9-5-3-2-4-7(8)9;;;;/h5-8,11H,9H2,1-4H3;5-9H,1-4H3;4-7,10H,8H2,1-3H3,(H,16,17);2-6,11H,1H3;1H3;;1H2;/q;;;;-1;+1;;/p-1. The van der Waals surface area contributed by atoms with Gasteiger partial charge in [0.15, 0.2) is 0 Å². The van der Waals surface area contributed by atoms with Crippen LogP contribution in [0.25, 0.3) is 21.8 Å². The minimum absolute atomic E-state index is 0. The van der Waals surface area contributed by atoms with Crippen LogP contribution in [0, 0.1) is 7.43 Å². The number of amides is 2. The number of anilines is 2. The number of aromatic nitrogens is 2. The molecule has 0 spiro atoms. The summed E-state index contributed by atoms with van der Waals surface area (Å²) in [5, 5.41) is 10.8. The summed E-state index contributed by atoms with van der Waals surface area (Å²) < 4.78 is 31.5. The van der Waals surface area contributed by atoms with E-state index in [0.717, 1.165) is 16.5 Å². The van der Waals surface area contributed by atoms with Crippen molar-refractivity contribution in [1.29, 1.82) is 0 Å². The third-order valence-electron chi connectivity index (χ3n) is 10.6. The molecule has 2 aromatic heterocycles. The van der Waals surface area contributed by atoms with Crippen LogP contribution >= 0.6 is 0 Å². The Bertz CT molecular complexity index is 2970. The van der Waals surface area contributed by atoms with Gasteiger partial charge in [-0.3, -0.25) is 24.0 Å². The summed E-state index contributed by atoms with van der Waals surface area (Å²) in [5.41, 5.74) is 3.47. The van der Waals surface area contributed by atoms with Crippen molar-refractivity contribution in [2.24, 2.45) is 0 Å². The number of nitrogens with one attached hydrogen (secondary N) is 1. The van der Waals surface area contributed by atoms with Crippen molar-refractivity contribution >= 4 is 75.3 Å². The third-order valence-corrected chi connectivity index (χ3v) is 10.6. The van der Waals surface area contributed by atoms with E-state index in [1.54, 1.807) is 96.3 Å². The number of benzene rings is 4. The van der Waals surface area contributed by atoms with Crippen LogP contribution in [0.15, 0.2) is 109 Å². The SMILES string of the molecule is CC(C)(C)OC(=O)N1CC(C(=O)O)c2ccccc21.COC(=O)C1CN(C(=O)OC(C)(C)C)c2ccccc21.COC(=O)c1c[nH]c2ccccc12.COC(=O)c1cn(C(=O)OC(C)(C)C)c2ccccc12.[CH3-].[Li+].[OH-].[Pd].